The summed E-state index contributed by atoms with van der Waals surface area (Å²) in [5.74, 6) is 2.69. The summed E-state index contributed by atoms with van der Waals surface area (Å²) in [4.78, 5) is 7.68. The molecular weight excluding hydrogens is 334 g/mol. The van der Waals surface area contributed by atoms with Crippen molar-refractivity contribution in [1.29, 1.82) is 0 Å². The zero-order valence-corrected chi connectivity index (χ0v) is 14.8. The molecule has 25 heavy (non-hydrogen) atoms. The third-order valence-corrected chi connectivity index (χ3v) is 4.82. The van der Waals surface area contributed by atoms with Gasteiger partial charge in [-0.3, -0.25) is 14.7 Å². The summed E-state index contributed by atoms with van der Waals surface area (Å²) in [6.45, 7) is 2.71. The molecule has 0 spiro atoms. The molecule has 0 saturated heterocycles. The summed E-state index contributed by atoms with van der Waals surface area (Å²) in [5.41, 5.74) is 2.12. The third-order valence-electron chi connectivity index (χ3n) is 3.87. The first-order valence-electron chi connectivity index (χ1n) is 7.97. The molecule has 0 unspecified atom stereocenters. The second-order valence-electron chi connectivity index (χ2n) is 5.73. The Balaban J connectivity index is 1.55. The predicted octanol–water partition coefficient (Wildman–Crippen LogP) is 3.02. The monoisotopic (exact) mass is 353 g/mol. The summed E-state index contributed by atoms with van der Waals surface area (Å²) in [6, 6.07) is 10.3. The van der Waals surface area contributed by atoms with E-state index in [0.29, 0.717) is 0 Å². The maximum absolute atomic E-state index is 4.46. The number of aryl methyl sites for hydroxylation is 1. The molecule has 7 nitrogen and oxygen atoms in total. The van der Waals surface area contributed by atoms with E-state index in [4.69, 9.17) is 0 Å². The minimum atomic E-state index is 0.732. The Labute approximate surface area is 150 Å². The molecule has 0 fully saturated rings. The van der Waals surface area contributed by atoms with Crippen LogP contribution in [-0.4, -0.2) is 33.9 Å². The summed E-state index contributed by atoms with van der Waals surface area (Å²) < 4.78 is 2.17. The van der Waals surface area contributed by atoms with Crippen molar-refractivity contribution in [3.63, 3.8) is 0 Å². The second-order valence-corrected chi connectivity index (χ2v) is 6.85. The van der Waals surface area contributed by atoms with Gasteiger partial charge in [0, 0.05) is 29.4 Å². The molecule has 1 aromatic carbocycles. The fraction of sp³-hybridized carbons (Fsp3) is 0.176. The molecule has 2 aliphatic rings. The van der Waals surface area contributed by atoms with Crippen LogP contribution in [0, 0.1) is 6.92 Å². The summed E-state index contributed by atoms with van der Waals surface area (Å²) in [5, 5.41) is 13.7. The largest absolute Gasteiger partial charge is 0.388 e. The van der Waals surface area contributed by atoms with Gasteiger partial charge in [-0.05, 0) is 48.0 Å². The number of aromatic nitrogens is 2. The number of H-pyrrole nitrogens is 1. The lowest BCUT2D eigenvalue weighted by molar-refractivity contribution is 0.634. The van der Waals surface area contributed by atoms with Gasteiger partial charge in [-0.1, -0.05) is 0 Å². The Morgan fingerprint density at radius 1 is 1.28 bits per heavy atom. The van der Waals surface area contributed by atoms with Crippen molar-refractivity contribution >= 4 is 29.3 Å². The Morgan fingerprint density at radius 3 is 2.84 bits per heavy atom. The van der Waals surface area contributed by atoms with Crippen LogP contribution in [0.3, 0.4) is 0 Å². The molecule has 3 N–H and O–H groups in total. The van der Waals surface area contributed by atoms with Crippen LogP contribution in [-0.2, 0) is 0 Å². The van der Waals surface area contributed by atoms with Gasteiger partial charge >= 0.3 is 0 Å². The number of rotatable bonds is 5. The number of benzene rings is 1. The number of nitrogens with zero attached hydrogens (tertiary/aromatic N) is 4. The maximum Gasteiger partial charge on any atom is 0.285 e. The van der Waals surface area contributed by atoms with Gasteiger partial charge in [-0.15, -0.1) is 0 Å². The molecule has 1 aromatic heterocycles. The minimum absolute atomic E-state index is 0.732. The van der Waals surface area contributed by atoms with Crippen molar-refractivity contribution < 1.29 is 0 Å². The topological polar surface area (TPSA) is 74.2 Å². The SMILES string of the molecule is CNc1ccc(SN2C=C(Nc3cc(C)[nH]n3)[N+]3C=CN=C3C2)cc1. The highest BCUT2D eigenvalue weighted by Crippen LogP contribution is 2.29. The summed E-state index contributed by atoms with van der Waals surface area (Å²) >= 11 is 1.68. The number of hydrogen-bond donors (Lipinski definition) is 3. The molecule has 2 aromatic rings. The first kappa shape index (κ1) is 15.8. The van der Waals surface area contributed by atoms with Crippen molar-refractivity contribution in [3.8, 4) is 0 Å². The average molecular weight is 353 g/mol. The Morgan fingerprint density at radius 2 is 2.12 bits per heavy atom. The van der Waals surface area contributed by atoms with Gasteiger partial charge in [0.05, 0.1) is 12.4 Å². The van der Waals surface area contributed by atoms with Gasteiger partial charge < -0.3 is 5.32 Å². The fourth-order valence-corrected chi connectivity index (χ4v) is 3.50. The van der Waals surface area contributed by atoms with Crippen molar-refractivity contribution in [2.45, 2.75) is 11.8 Å². The first-order chi connectivity index (χ1) is 12.2. The number of fused-ring (bicyclic) bond motifs is 1. The third kappa shape index (κ3) is 3.40. The second kappa shape index (κ2) is 6.66. The average Bonchev–Trinajstić information content (AvgIpc) is 3.24. The van der Waals surface area contributed by atoms with Crippen LogP contribution in [0.2, 0.25) is 0 Å². The van der Waals surface area contributed by atoms with E-state index in [0.717, 1.165) is 35.4 Å². The van der Waals surface area contributed by atoms with Gasteiger partial charge in [-0.25, -0.2) is 0 Å². The molecule has 1 radical (unpaired) electrons. The highest BCUT2D eigenvalue weighted by molar-refractivity contribution is 7.97. The van der Waals surface area contributed by atoms with Gasteiger partial charge in [0.2, 0.25) is 0 Å². The highest BCUT2D eigenvalue weighted by Gasteiger charge is 2.37. The lowest BCUT2D eigenvalue weighted by Gasteiger charge is -2.24. The number of aliphatic imine (C=N–C) groups is 1. The van der Waals surface area contributed by atoms with E-state index >= 15 is 0 Å². The van der Waals surface area contributed by atoms with E-state index in [1.165, 1.54) is 4.90 Å². The molecule has 0 amide bonds. The summed E-state index contributed by atoms with van der Waals surface area (Å²) in [6.07, 6.45) is 5.85. The Kier molecular flexibility index (Phi) is 4.21. The van der Waals surface area contributed by atoms with E-state index in [9.17, 15) is 0 Å². The zero-order chi connectivity index (χ0) is 17.2. The predicted molar refractivity (Wildman–Crippen MR) is 102 cm³/mol. The molecule has 8 heteroatoms. The smallest absolute Gasteiger partial charge is 0.285 e. The van der Waals surface area contributed by atoms with Crippen molar-refractivity contribution in [3.05, 3.63) is 60.4 Å². The molecule has 0 bridgehead atoms. The van der Waals surface area contributed by atoms with E-state index in [2.05, 4.69) is 60.6 Å². The van der Waals surface area contributed by atoms with E-state index in [1.807, 2.05) is 37.3 Å². The number of anilines is 2. The van der Waals surface area contributed by atoms with Crippen LogP contribution >= 0.6 is 11.9 Å². The Bertz CT molecular complexity index is 850. The lowest BCUT2D eigenvalue weighted by atomic mass is 10.3. The Hall–Kier alpha value is -2.71. The zero-order valence-electron chi connectivity index (χ0n) is 14.0. The van der Waals surface area contributed by atoms with Crippen LogP contribution < -0.4 is 15.5 Å². The molecular formula is C17H19N7S+. The van der Waals surface area contributed by atoms with E-state index in [1.54, 1.807) is 11.9 Å². The quantitative estimate of drug-likeness (QED) is 0.569. The highest BCUT2D eigenvalue weighted by atomic mass is 32.2. The molecule has 0 aliphatic carbocycles. The van der Waals surface area contributed by atoms with Gasteiger partial charge in [0.1, 0.15) is 6.54 Å². The van der Waals surface area contributed by atoms with Crippen LogP contribution in [0.25, 0.3) is 0 Å². The van der Waals surface area contributed by atoms with Crippen molar-refractivity contribution in [2.75, 3.05) is 24.2 Å². The number of amidine groups is 1. The van der Waals surface area contributed by atoms with Crippen molar-refractivity contribution in [1.82, 2.24) is 19.4 Å². The summed E-state index contributed by atoms with van der Waals surface area (Å²) in [7, 11) is 1.92. The van der Waals surface area contributed by atoms with Crippen LogP contribution in [0.4, 0.5) is 11.5 Å². The molecule has 2 aliphatic heterocycles. The molecule has 0 saturated carbocycles. The number of hydrogen-bond acceptors (Lipinski definition) is 7. The first-order valence-corrected chi connectivity index (χ1v) is 8.74. The molecule has 4 rings (SSSR count). The van der Waals surface area contributed by atoms with Crippen LogP contribution in [0.5, 0.6) is 0 Å². The van der Waals surface area contributed by atoms with Gasteiger partial charge in [0.15, 0.2) is 12.0 Å². The number of aromatic amines is 1. The normalized spacial score (nSPS) is 16.5. The van der Waals surface area contributed by atoms with Gasteiger partial charge in [0.25, 0.3) is 11.7 Å². The standard InChI is InChI=1S/C17H19N7S/c1-12-9-15(22-21-12)20-17-11-23(10-16-19-7-8-24(16)17)25-14-5-3-13(18-2)4-6-14/h3-9,11,18H,10H2,1-2H3,(H2,20,21,22)/q+1. The molecule has 127 valence electrons. The van der Waals surface area contributed by atoms with E-state index in [-0.39, 0.29) is 0 Å². The van der Waals surface area contributed by atoms with Crippen LogP contribution in [0.15, 0.2) is 64.6 Å². The van der Waals surface area contributed by atoms with Crippen LogP contribution in [0.1, 0.15) is 5.69 Å². The number of nitrogens with one attached hydrogen (secondary N) is 3. The fourth-order valence-electron chi connectivity index (χ4n) is 2.64. The maximum atomic E-state index is 4.46. The molecule has 3 heterocycles. The molecule has 0 atom stereocenters. The lowest BCUT2D eigenvalue weighted by Crippen LogP contribution is -2.42. The van der Waals surface area contributed by atoms with Crippen molar-refractivity contribution in [2.24, 2.45) is 4.99 Å². The van der Waals surface area contributed by atoms with E-state index < -0.39 is 0 Å². The minimum Gasteiger partial charge on any atom is -0.388 e. The van der Waals surface area contributed by atoms with Gasteiger partial charge in [-0.2, -0.15) is 10.1 Å².